The highest BCUT2D eigenvalue weighted by Crippen LogP contribution is 2.31. The van der Waals surface area contributed by atoms with Gasteiger partial charge in [0.2, 0.25) is 5.91 Å². The lowest BCUT2D eigenvalue weighted by Crippen LogP contribution is -2.43. The van der Waals surface area contributed by atoms with Crippen molar-refractivity contribution in [2.75, 3.05) is 19.7 Å². The van der Waals surface area contributed by atoms with E-state index in [2.05, 4.69) is 5.32 Å². The second-order valence-electron chi connectivity index (χ2n) is 7.53. The van der Waals surface area contributed by atoms with Crippen LogP contribution in [0.15, 0.2) is 51.5 Å². The van der Waals surface area contributed by atoms with E-state index in [-0.39, 0.29) is 23.8 Å². The van der Waals surface area contributed by atoms with Gasteiger partial charge in [-0.05, 0) is 51.0 Å². The fourth-order valence-electron chi connectivity index (χ4n) is 3.84. The smallest absolute Gasteiger partial charge is 0.289 e. The molecule has 1 N–H and O–H groups in total. The maximum Gasteiger partial charge on any atom is 0.289 e. The van der Waals surface area contributed by atoms with Gasteiger partial charge < -0.3 is 23.8 Å². The third-order valence-electron chi connectivity index (χ3n) is 5.50. The van der Waals surface area contributed by atoms with Gasteiger partial charge in [0.1, 0.15) is 5.76 Å². The van der Waals surface area contributed by atoms with Gasteiger partial charge in [-0.1, -0.05) is 12.1 Å². The van der Waals surface area contributed by atoms with E-state index in [1.165, 1.54) is 6.26 Å². The Hall–Kier alpha value is -3.22. The Bertz CT molecular complexity index is 1020. The summed E-state index contributed by atoms with van der Waals surface area (Å²) in [6.07, 6.45) is 2.74. The molecule has 1 aromatic carbocycles. The van der Waals surface area contributed by atoms with Crippen LogP contribution in [0.4, 0.5) is 0 Å². The van der Waals surface area contributed by atoms with Crippen molar-refractivity contribution in [3.63, 3.8) is 0 Å². The minimum Gasteiger partial charge on any atom is -0.490 e. The number of para-hydroxylation sites is 1. The van der Waals surface area contributed by atoms with E-state index >= 15 is 0 Å². The molecule has 3 heterocycles. The lowest BCUT2D eigenvalue weighted by Gasteiger charge is -2.31. The molecule has 30 heavy (non-hydrogen) atoms. The van der Waals surface area contributed by atoms with E-state index < -0.39 is 0 Å². The monoisotopic (exact) mass is 410 g/mol. The molecule has 4 rings (SSSR count). The van der Waals surface area contributed by atoms with Gasteiger partial charge in [-0.15, -0.1) is 0 Å². The minimum atomic E-state index is -0.262. The van der Waals surface area contributed by atoms with Crippen LogP contribution in [-0.4, -0.2) is 36.4 Å². The number of nitrogens with zero attached hydrogens (tertiary/aromatic N) is 1. The summed E-state index contributed by atoms with van der Waals surface area (Å²) in [5.74, 6) is 1.46. The predicted molar refractivity (Wildman–Crippen MR) is 111 cm³/mol. The number of hydrogen-bond donors (Lipinski definition) is 1. The number of nitrogens with one attached hydrogen (secondary N) is 1. The Morgan fingerprint density at radius 3 is 2.73 bits per heavy atom. The zero-order valence-electron chi connectivity index (χ0n) is 17.2. The molecule has 1 fully saturated rings. The number of piperidine rings is 1. The van der Waals surface area contributed by atoms with Crippen molar-refractivity contribution in [2.45, 2.75) is 32.7 Å². The highest BCUT2D eigenvalue weighted by atomic mass is 16.5. The molecule has 1 aliphatic rings. The zero-order valence-corrected chi connectivity index (χ0v) is 17.2. The van der Waals surface area contributed by atoms with Crippen LogP contribution in [0, 0.1) is 5.92 Å². The number of fused-ring (bicyclic) bond motifs is 1. The number of ether oxygens (including phenoxy) is 1. The molecule has 1 atom stereocenters. The normalized spacial score (nSPS) is 15.9. The van der Waals surface area contributed by atoms with Crippen molar-refractivity contribution in [3.8, 4) is 5.75 Å². The molecule has 7 nitrogen and oxygen atoms in total. The predicted octanol–water partition coefficient (Wildman–Crippen LogP) is 4.15. The van der Waals surface area contributed by atoms with Crippen LogP contribution in [0.25, 0.3) is 11.0 Å². The van der Waals surface area contributed by atoms with E-state index in [0.717, 1.165) is 5.39 Å². The summed E-state index contributed by atoms with van der Waals surface area (Å²) in [6, 6.07) is 10.8. The first kappa shape index (κ1) is 20.1. The number of carbonyl (C=O) groups is 2. The second kappa shape index (κ2) is 8.65. The topological polar surface area (TPSA) is 84.9 Å². The maximum absolute atomic E-state index is 12.8. The number of furan rings is 2. The number of rotatable bonds is 6. The molecule has 1 aliphatic heterocycles. The number of amides is 2. The molecule has 2 aromatic heterocycles. The average molecular weight is 410 g/mol. The van der Waals surface area contributed by atoms with E-state index in [0.29, 0.717) is 55.4 Å². The number of benzene rings is 1. The fourth-order valence-corrected chi connectivity index (χ4v) is 3.84. The van der Waals surface area contributed by atoms with E-state index in [1.807, 2.05) is 38.1 Å². The van der Waals surface area contributed by atoms with E-state index in [1.54, 1.807) is 17.0 Å². The molecule has 158 valence electrons. The van der Waals surface area contributed by atoms with Crippen LogP contribution >= 0.6 is 0 Å². The third-order valence-corrected chi connectivity index (χ3v) is 5.50. The molecular weight excluding hydrogens is 384 g/mol. The molecule has 1 saturated heterocycles. The summed E-state index contributed by atoms with van der Waals surface area (Å²) >= 11 is 0. The fraction of sp³-hybridized carbons (Fsp3) is 0.391. The summed E-state index contributed by atoms with van der Waals surface area (Å²) in [5.41, 5.74) is 0.695. The summed E-state index contributed by atoms with van der Waals surface area (Å²) in [6.45, 7) is 5.47. The van der Waals surface area contributed by atoms with E-state index in [9.17, 15) is 9.59 Å². The summed E-state index contributed by atoms with van der Waals surface area (Å²) < 4.78 is 16.8. The molecule has 0 saturated carbocycles. The molecule has 1 unspecified atom stereocenters. The zero-order chi connectivity index (χ0) is 21.1. The average Bonchev–Trinajstić information content (AvgIpc) is 3.44. The van der Waals surface area contributed by atoms with Crippen molar-refractivity contribution in [1.29, 1.82) is 0 Å². The van der Waals surface area contributed by atoms with Crippen LogP contribution in [0.2, 0.25) is 0 Å². The Kier molecular flexibility index (Phi) is 5.79. The Balaban J connectivity index is 1.36. The van der Waals surface area contributed by atoms with Gasteiger partial charge in [0.25, 0.3) is 5.91 Å². The number of hydrogen-bond acceptors (Lipinski definition) is 5. The first-order chi connectivity index (χ1) is 14.6. The van der Waals surface area contributed by atoms with Crippen molar-refractivity contribution < 1.29 is 23.2 Å². The van der Waals surface area contributed by atoms with Crippen molar-refractivity contribution in [3.05, 3.63) is 54.2 Å². The molecule has 2 amide bonds. The second-order valence-corrected chi connectivity index (χ2v) is 7.53. The molecule has 0 aliphatic carbocycles. The number of carbonyl (C=O) groups excluding carboxylic acids is 2. The van der Waals surface area contributed by atoms with Crippen LogP contribution < -0.4 is 10.1 Å². The first-order valence-electron chi connectivity index (χ1n) is 10.3. The molecule has 0 radical (unpaired) electrons. The van der Waals surface area contributed by atoms with Crippen LogP contribution in [0.3, 0.4) is 0 Å². The minimum absolute atomic E-state index is 0.0157. The van der Waals surface area contributed by atoms with Gasteiger partial charge in [0, 0.05) is 24.4 Å². The van der Waals surface area contributed by atoms with Crippen molar-refractivity contribution in [2.24, 2.45) is 5.92 Å². The maximum atomic E-state index is 12.8. The summed E-state index contributed by atoms with van der Waals surface area (Å²) in [4.78, 5) is 26.9. The number of likely N-dealkylation sites (tertiary alicyclic amines) is 1. The van der Waals surface area contributed by atoms with Gasteiger partial charge in [-0.25, -0.2) is 0 Å². The van der Waals surface area contributed by atoms with Gasteiger partial charge in [-0.2, -0.15) is 0 Å². The molecule has 7 heteroatoms. The molecule has 0 bridgehead atoms. The molecular formula is C23H26N2O5. The lowest BCUT2D eigenvalue weighted by molar-refractivity contribution is -0.127. The third kappa shape index (κ3) is 4.06. The standard InChI is InChI=1S/C23H26N2O5/c1-3-28-18-7-4-6-17-14-20(30-21(17)18)15(2)24-22(26)16-9-11-25(12-10-16)23(27)19-8-5-13-29-19/h4-8,13-16H,3,9-12H2,1-2H3,(H,24,26). The SMILES string of the molecule is CCOc1cccc2cc(C(C)NC(=O)C3CCN(C(=O)c4ccco4)CC3)oc12. The van der Waals surface area contributed by atoms with Crippen LogP contribution in [0.5, 0.6) is 5.75 Å². The van der Waals surface area contributed by atoms with Crippen LogP contribution in [0.1, 0.15) is 49.0 Å². The highest BCUT2D eigenvalue weighted by molar-refractivity contribution is 5.91. The van der Waals surface area contributed by atoms with E-state index in [4.69, 9.17) is 13.6 Å². The lowest BCUT2D eigenvalue weighted by atomic mass is 9.95. The Labute approximate surface area is 175 Å². The van der Waals surface area contributed by atoms with Gasteiger partial charge in [0.15, 0.2) is 17.1 Å². The summed E-state index contributed by atoms with van der Waals surface area (Å²) in [7, 11) is 0. The van der Waals surface area contributed by atoms with Crippen molar-refractivity contribution in [1.82, 2.24) is 10.2 Å². The Morgan fingerprint density at radius 1 is 1.23 bits per heavy atom. The highest BCUT2D eigenvalue weighted by Gasteiger charge is 2.29. The van der Waals surface area contributed by atoms with Gasteiger partial charge in [-0.3, -0.25) is 9.59 Å². The van der Waals surface area contributed by atoms with Gasteiger partial charge in [0.05, 0.1) is 18.9 Å². The Morgan fingerprint density at radius 2 is 2.03 bits per heavy atom. The molecule has 3 aromatic rings. The van der Waals surface area contributed by atoms with Gasteiger partial charge >= 0.3 is 0 Å². The van der Waals surface area contributed by atoms with Crippen LogP contribution in [-0.2, 0) is 4.79 Å². The van der Waals surface area contributed by atoms with Crippen molar-refractivity contribution >= 4 is 22.8 Å². The largest absolute Gasteiger partial charge is 0.490 e. The first-order valence-corrected chi connectivity index (χ1v) is 10.3. The summed E-state index contributed by atoms with van der Waals surface area (Å²) in [5, 5.41) is 4.00. The molecule has 0 spiro atoms. The quantitative estimate of drug-likeness (QED) is 0.660.